The molecule has 0 aliphatic rings. The molecule has 0 unspecified atom stereocenters. The van der Waals surface area contributed by atoms with Crippen molar-refractivity contribution in [3.63, 3.8) is 0 Å². The van der Waals surface area contributed by atoms with Crippen molar-refractivity contribution in [3.05, 3.63) is 65.3 Å². The number of aliphatic hydroxyl groups is 1. The van der Waals surface area contributed by atoms with Crippen LogP contribution in [0.15, 0.2) is 48.9 Å². The molecule has 3 amide bonds. The van der Waals surface area contributed by atoms with Crippen LogP contribution in [0.4, 0.5) is 41.6 Å². The van der Waals surface area contributed by atoms with E-state index in [1.54, 1.807) is 0 Å². The zero-order valence-electron chi connectivity index (χ0n) is 20.4. The first-order valence-electron chi connectivity index (χ1n) is 11.1. The number of nitrogens with one attached hydrogen (secondary N) is 3. The van der Waals surface area contributed by atoms with Crippen LogP contribution in [0.1, 0.15) is 11.4 Å². The molecule has 0 aliphatic heterocycles. The Morgan fingerprint density at radius 2 is 1.80 bits per heavy atom. The number of amides is 3. The molecule has 2 aromatic heterocycles. The molecule has 4 N–H and O–H groups in total. The molecule has 1 aromatic carbocycles. The maximum absolute atomic E-state index is 13.0. The number of hydrogen-bond donors (Lipinski definition) is 4. The number of aromatic nitrogens is 4. The van der Waals surface area contributed by atoms with Gasteiger partial charge in [-0.2, -0.15) is 26.3 Å². The zero-order valence-corrected chi connectivity index (χ0v) is 21.1. The Kier molecular flexibility index (Phi) is 9.71. The first kappa shape index (κ1) is 31.1. The van der Waals surface area contributed by atoms with E-state index in [0.717, 1.165) is 11.0 Å². The number of alkyl halides is 6. The molecule has 220 valence electrons. The van der Waals surface area contributed by atoms with Crippen LogP contribution in [0.2, 0.25) is 5.02 Å². The smallest absolute Gasteiger partial charge is 0.422 e. The highest BCUT2D eigenvalue weighted by molar-refractivity contribution is 6.30. The van der Waals surface area contributed by atoms with Gasteiger partial charge in [0.2, 0.25) is 0 Å². The lowest BCUT2D eigenvalue weighted by atomic mass is 10.2. The molecule has 2 heterocycles. The molecule has 41 heavy (non-hydrogen) atoms. The summed E-state index contributed by atoms with van der Waals surface area (Å²) in [6, 6.07) is 6.76. The molecule has 3 rings (SSSR count). The second-order valence-corrected chi connectivity index (χ2v) is 8.41. The minimum atomic E-state index is -5.08. The van der Waals surface area contributed by atoms with Crippen molar-refractivity contribution in [3.8, 4) is 5.82 Å². The Balaban J connectivity index is 1.72. The molecular weight excluding hydrogens is 590 g/mol. The summed E-state index contributed by atoms with van der Waals surface area (Å²) in [4.78, 5) is 32.8. The number of amidine groups is 1. The predicted molar refractivity (Wildman–Crippen MR) is 129 cm³/mol. The monoisotopic (exact) mass is 608 g/mol. The lowest BCUT2D eigenvalue weighted by Gasteiger charge is -2.26. The molecule has 3 aromatic rings. The highest BCUT2D eigenvalue weighted by Crippen LogP contribution is 2.22. The van der Waals surface area contributed by atoms with Gasteiger partial charge in [0.05, 0.1) is 18.8 Å². The summed E-state index contributed by atoms with van der Waals surface area (Å²) >= 11 is 5.79. The summed E-state index contributed by atoms with van der Waals surface area (Å²) in [5.74, 6) is -0.868. The molecule has 1 atom stereocenters. The van der Waals surface area contributed by atoms with Gasteiger partial charge in [0.15, 0.2) is 24.4 Å². The Labute approximate surface area is 231 Å². The zero-order chi connectivity index (χ0) is 30.4. The molecule has 0 radical (unpaired) electrons. The van der Waals surface area contributed by atoms with Crippen LogP contribution in [0, 0.1) is 5.41 Å². The first-order chi connectivity index (χ1) is 19.1. The maximum atomic E-state index is 13.0. The van der Waals surface area contributed by atoms with E-state index in [2.05, 4.69) is 30.4 Å². The largest absolute Gasteiger partial charge is 0.440 e. The Morgan fingerprint density at radius 3 is 2.44 bits per heavy atom. The third-order valence-electron chi connectivity index (χ3n) is 4.91. The SMILES string of the molecule is N=C(c1ccc(Cl)cc1)N(C[C@H](O)C(F)(F)F)C(=O)NCc1ncn(-c2ncccc2NC(=O)OCC(F)(F)F)n1. The quantitative estimate of drug-likeness (QED) is 0.172. The topological polar surface area (TPSA) is 158 Å². The summed E-state index contributed by atoms with van der Waals surface area (Å²) in [5, 5.41) is 26.4. The molecule has 19 heteroatoms. The number of halogens is 7. The van der Waals surface area contributed by atoms with Gasteiger partial charge in [-0.25, -0.2) is 24.2 Å². The van der Waals surface area contributed by atoms with Crippen LogP contribution >= 0.6 is 11.6 Å². The van der Waals surface area contributed by atoms with Gasteiger partial charge >= 0.3 is 24.5 Å². The van der Waals surface area contributed by atoms with Crippen LogP contribution in [0.25, 0.3) is 5.82 Å². The minimum Gasteiger partial charge on any atom is -0.440 e. The fraction of sp³-hybridized carbons (Fsp3) is 0.273. The Bertz CT molecular complexity index is 1380. The summed E-state index contributed by atoms with van der Waals surface area (Å²) in [6.07, 6.45) is -11.8. The van der Waals surface area contributed by atoms with Crippen molar-refractivity contribution in [1.29, 1.82) is 5.41 Å². The van der Waals surface area contributed by atoms with Gasteiger partial charge in [-0.15, -0.1) is 5.10 Å². The minimum absolute atomic E-state index is 0.0327. The normalized spacial score (nSPS) is 12.4. The van der Waals surface area contributed by atoms with Gasteiger partial charge in [-0.1, -0.05) is 11.6 Å². The highest BCUT2D eigenvalue weighted by atomic mass is 35.5. The van der Waals surface area contributed by atoms with Crippen molar-refractivity contribution in [1.82, 2.24) is 30.0 Å². The van der Waals surface area contributed by atoms with E-state index in [-0.39, 0.29) is 27.9 Å². The van der Waals surface area contributed by atoms with Gasteiger partial charge in [0, 0.05) is 16.8 Å². The van der Waals surface area contributed by atoms with E-state index in [4.69, 9.17) is 17.0 Å². The second kappa shape index (κ2) is 12.8. The number of pyridine rings is 1. The summed E-state index contributed by atoms with van der Waals surface area (Å²) in [7, 11) is 0. The van der Waals surface area contributed by atoms with Crippen molar-refractivity contribution in [2.75, 3.05) is 18.5 Å². The number of hydrogen-bond acceptors (Lipinski definition) is 8. The number of nitrogens with zero attached hydrogens (tertiary/aromatic N) is 5. The predicted octanol–water partition coefficient (Wildman–Crippen LogP) is 3.89. The molecule has 0 spiro atoms. The Morgan fingerprint density at radius 1 is 1.12 bits per heavy atom. The molecule has 0 aliphatic carbocycles. The average molecular weight is 609 g/mol. The van der Waals surface area contributed by atoms with Gasteiger partial charge in [0.25, 0.3) is 0 Å². The third kappa shape index (κ3) is 9.04. The summed E-state index contributed by atoms with van der Waals surface area (Å²) in [6.45, 7) is -3.60. The van der Waals surface area contributed by atoms with Crippen LogP contribution in [-0.2, 0) is 11.3 Å². The van der Waals surface area contributed by atoms with E-state index in [1.807, 2.05) is 0 Å². The van der Waals surface area contributed by atoms with E-state index in [0.29, 0.717) is 4.90 Å². The number of urea groups is 1. The summed E-state index contributed by atoms with van der Waals surface area (Å²) < 4.78 is 81.0. The molecular formula is C22H19ClF6N8O4. The highest BCUT2D eigenvalue weighted by Gasteiger charge is 2.41. The van der Waals surface area contributed by atoms with Crippen LogP contribution in [-0.4, -0.2) is 79.3 Å². The number of anilines is 1. The van der Waals surface area contributed by atoms with Crippen molar-refractivity contribution < 1.29 is 45.8 Å². The Hall–Kier alpha value is -4.45. The second-order valence-electron chi connectivity index (χ2n) is 7.98. The molecule has 0 bridgehead atoms. The molecule has 0 saturated heterocycles. The number of ether oxygens (including phenoxy) is 1. The third-order valence-corrected chi connectivity index (χ3v) is 5.16. The number of aliphatic hydroxyl groups excluding tert-OH is 1. The molecule has 0 saturated carbocycles. The van der Waals surface area contributed by atoms with Crippen molar-refractivity contribution in [2.24, 2.45) is 0 Å². The van der Waals surface area contributed by atoms with E-state index in [1.165, 1.54) is 42.6 Å². The fourth-order valence-electron chi connectivity index (χ4n) is 3.02. The molecule has 12 nitrogen and oxygen atoms in total. The van der Waals surface area contributed by atoms with Gasteiger partial charge < -0.3 is 15.2 Å². The van der Waals surface area contributed by atoms with Crippen LogP contribution < -0.4 is 10.6 Å². The fourth-order valence-corrected chi connectivity index (χ4v) is 3.14. The van der Waals surface area contributed by atoms with E-state index < -0.39 is 56.1 Å². The average Bonchev–Trinajstić information content (AvgIpc) is 3.37. The molecule has 0 fully saturated rings. The first-order valence-corrected chi connectivity index (χ1v) is 11.5. The van der Waals surface area contributed by atoms with E-state index in [9.17, 15) is 41.0 Å². The van der Waals surface area contributed by atoms with Crippen LogP contribution in [0.3, 0.4) is 0 Å². The number of benzene rings is 1. The van der Waals surface area contributed by atoms with Gasteiger partial charge in [0.1, 0.15) is 12.2 Å². The van der Waals surface area contributed by atoms with Crippen molar-refractivity contribution in [2.45, 2.75) is 25.0 Å². The van der Waals surface area contributed by atoms with E-state index >= 15 is 0 Å². The lowest BCUT2D eigenvalue weighted by molar-refractivity contribution is -0.204. The number of rotatable bonds is 8. The standard InChI is InChI=1S/C22H19ClF6N8O4/c23-13-5-3-12(4-6-13)17(30)36(9-15(38)22(27,28)29)19(39)32-8-16-33-11-37(35-16)18-14(2-1-7-31-18)34-20(40)41-10-21(24,25)26/h1-7,11,15,30,38H,8-10H2,(H,32,39)(H,34,40)/t15-/m0/s1. The summed E-state index contributed by atoms with van der Waals surface area (Å²) in [5.41, 5.74) is -0.0749. The van der Waals surface area contributed by atoms with Gasteiger partial charge in [-0.3, -0.25) is 15.6 Å². The lowest BCUT2D eigenvalue weighted by Crippen LogP contribution is -2.50. The number of carbonyl (C=O) groups is 2. The van der Waals surface area contributed by atoms with Crippen molar-refractivity contribution >= 4 is 35.2 Å². The van der Waals surface area contributed by atoms with Crippen LogP contribution in [0.5, 0.6) is 0 Å². The maximum Gasteiger partial charge on any atom is 0.422 e. The number of carbonyl (C=O) groups excluding carboxylic acids is 2. The van der Waals surface area contributed by atoms with Gasteiger partial charge in [-0.05, 0) is 36.4 Å².